The fourth-order valence-electron chi connectivity index (χ4n) is 2.45. The van der Waals surface area contributed by atoms with Crippen LogP contribution in [0.2, 0.25) is 0 Å². The van der Waals surface area contributed by atoms with E-state index in [1.54, 1.807) is 0 Å². The molecule has 2 heterocycles. The molecule has 0 aliphatic heterocycles. The molecule has 3 N–H and O–H groups in total. The summed E-state index contributed by atoms with van der Waals surface area (Å²) in [4.78, 5) is 11.8. The minimum atomic E-state index is 0.585. The molecule has 0 bridgehead atoms. The topological polar surface area (TPSA) is 63.8 Å². The van der Waals surface area contributed by atoms with Crippen molar-refractivity contribution in [1.82, 2.24) is 9.97 Å². The van der Waals surface area contributed by atoms with Crippen molar-refractivity contribution < 1.29 is 0 Å². The van der Waals surface area contributed by atoms with Crippen LogP contribution in [-0.4, -0.2) is 15.2 Å². The van der Waals surface area contributed by atoms with E-state index < -0.39 is 0 Å². The first-order valence-corrected chi connectivity index (χ1v) is 8.45. The first kappa shape index (κ1) is 13.1. The number of hydrazine groups is 1. The van der Waals surface area contributed by atoms with Gasteiger partial charge in [-0.3, -0.25) is 0 Å². The number of hydrogen-bond donors (Lipinski definition) is 2. The van der Waals surface area contributed by atoms with Crippen LogP contribution in [0.4, 0.5) is 5.82 Å². The molecule has 102 valence electrons. The summed E-state index contributed by atoms with van der Waals surface area (Å²) in [7, 11) is 0. The second kappa shape index (κ2) is 5.26. The van der Waals surface area contributed by atoms with Gasteiger partial charge in [0, 0.05) is 4.88 Å². The standard InChI is InChI=1S/C13H18N4S2/c1-7(2)18-6-10-15-12(17-14)11-8-4-3-5-9(8)19-13(11)16-10/h7H,3-6,14H2,1-2H3,(H,15,16,17). The summed E-state index contributed by atoms with van der Waals surface area (Å²) >= 11 is 3.66. The van der Waals surface area contributed by atoms with Gasteiger partial charge in [0.05, 0.1) is 11.1 Å². The van der Waals surface area contributed by atoms with Crippen LogP contribution in [0.1, 0.15) is 36.5 Å². The molecule has 1 aliphatic carbocycles. The highest BCUT2D eigenvalue weighted by atomic mass is 32.2. The Bertz CT molecular complexity index is 606. The Hall–Kier alpha value is -0.850. The lowest BCUT2D eigenvalue weighted by molar-refractivity contribution is 0.916. The maximum atomic E-state index is 5.65. The lowest BCUT2D eigenvalue weighted by Gasteiger charge is -2.07. The van der Waals surface area contributed by atoms with Gasteiger partial charge >= 0.3 is 0 Å². The second-order valence-corrected chi connectivity index (χ2v) is 7.68. The number of aromatic nitrogens is 2. The molecular weight excluding hydrogens is 276 g/mol. The molecule has 0 radical (unpaired) electrons. The zero-order valence-electron chi connectivity index (χ0n) is 11.2. The summed E-state index contributed by atoms with van der Waals surface area (Å²) < 4.78 is 0. The molecule has 3 rings (SSSR count). The van der Waals surface area contributed by atoms with E-state index in [0.717, 1.165) is 34.0 Å². The summed E-state index contributed by atoms with van der Waals surface area (Å²) in [5.74, 6) is 8.16. The zero-order valence-corrected chi connectivity index (χ0v) is 12.8. The Morgan fingerprint density at radius 2 is 2.21 bits per heavy atom. The molecule has 2 aromatic heterocycles. The third-order valence-electron chi connectivity index (χ3n) is 3.29. The summed E-state index contributed by atoms with van der Waals surface area (Å²) in [5, 5.41) is 1.74. The minimum absolute atomic E-state index is 0.585. The first-order chi connectivity index (χ1) is 9.19. The summed E-state index contributed by atoms with van der Waals surface area (Å²) in [6.45, 7) is 4.37. The lowest BCUT2D eigenvalue weighted by atomic mass is 10.2. The monoisotopic (exact) mass is 294 g/mol. The zero-order chi connectivity index (χ0) is 13.4. The highest BCUT2D eigenvalue weighted by Crippen LogP contribution is 2.39. The van der Waals surface area contributed by atoms with E-state index in [4.69, 9.17) is 10.8 Å². The van der Waals surface area contributed by atoms with Gasteiger partial charge in [0.15, 0.2) is 5.82 Å². The van der Waals surface area contributed by atoms with Crippen LogP contribution < -0.4 is 11.3 Å². The number of fused-ring (bicyclic) bond motifs is 3. The van der Waals surface area contributed by atoms with E-state index >= 15 is 0 Å². The lowest BCUT2D eigenvalue weighted by Crippen LogP contribution is -2.11. The van der Waals surface area contributed by atoms with Gasteiger partial charge in [-0.05, 0) is 30.1 Å². The van der Waals surface area contributed by atoms with Gasteiger partial charge in [-0.15, -0.1) is 11.3 Å². The Morgan fingerprint density at radius 3 is 2.95 bits per heavy atom. The predicted octanol–water partition coefficient (Wildman–Crippen LogP) is 3.11. The van der Waals surface area contributed by atoms with Crippen molar-refractivity contribution in [2.75, 3.05) is 5.43 Å². The number of hydrogen-bond acceptors (Lipinski definition) is 6. The van der Waals surface area contributed by atoms with E-state index in [1.807, 2.05) is 23.1 Å². The molecule has 1 aliphatic rings. The molecule has 0 saturated carbocycles. The third kappa shape index (κ3) is 2.44. The summed E-state index contributed by atoms with van der Waals surface area (Å²) in [6.07, 6.45) is 3.55. The van der Waals surface area contributed by atoms with E-state index in [-0.39, 0.29) is 0 Å². The van der Waals surface area contributed by atoms with Gasteiger partial charge in [-0.25, -0.2) is 15.8 Å². The Balaban J connectivity index is 2.04. The molecule has 0 amide bonds. The van der Waals surface area contributed by atoms with Crippen molar-refractivity contribution in [2.24, 2.45) is 5.84 Å². The molecule has 0 unspecified atom stereocenters. The third-order valence-corrected chi connectivity index (χ3v) is 5.57. The van der Waals surface area contributed by atoms with E-state index in [2.05, 4.69) is 24.3 Å². The smallest absolute Gasteiger partial charge is 0.152 e. The number of nitrogen functional groups attached to an aromatic ring is 1. The minimum Gasteiger partial charge on any atom is -0.308 e. The molecule has 19 heavy (non-hydrogen) atoms. The van der Waals surface area contributed by atoms with Crippen LogP contribution in [0.25, 0.3) is 10.2 Å². The molecule has 4 nitrogen and oxygen atoms in total. The molecule has 6 heteroatoms. The SMILES string of the molecule is CC(C)SCc1nc(NN)c2c3c(sc2n1)CCC3. The van der Waals surface area contributed by atoms with Gasteiger partial charge in [-0.1, -0.05) is 13.8 Å². The Morgan fingerprint density at radius 1 is 1.37 bits per heavy atom. The normalized spacial score (nSPS) is 14.3. The molecule has 0 fully saturated rings. The van der Waals surface area contributed by atoms with Gasteiger partial charge in [0.25, 0.3) is 0 Å². The van der Waals surface area contributed by atoms with Crippen molar-refractivity contribution in [2.45, 2.75) is 44.1 Å². The summed E-state index contributed by atoms with van der Waals surface area (Å²) in [6, 6.07) is 0. The van der Waals surface area contributed by atoms with Crippen molar-refractivity contribution in [1.29, 1.82) is 0 Å². The van der Waals surface area contributed by atoms with Crippen LogP contribution in [0.5, 0.6) is 0 Å². The number of anilines is 1. The van der Waals surface area contributed by atoms with Crippen LogP contribution in [0.15, 0.2) is 0 Å². The van der Waals surface area contributed by atoms with E-state index in [0.29, 0.717) is 5.25 Å². The van der Waals surface area contributed by atoms with Gasteiger partial charge in [0.1, 0.15) is 10.7 Å². The number of thioether (sulfide) groups is 1. The maximum absolute atomic E-state index is 5.65. The maximum Gasteiger partial charge on any atom is 0.152 e. The van der Waals surface area contributed by atoms with Crippen LogP contribution in [-0.2, 0) is 18.6 Å². The fourth-order valence-corrected chi connectivity index (χ4v) is 4.34. The molecular formula is C13H18N4S2. The van der Waals surface area contributed by atoms with Crippen molar-refractivity contribution in [3.63, 3.8) is 0 Å². The van der Waals surface area contributed by atoms with E-state index in [9.17, 15) is 0 Å². The number of rotatable bonds is 4. The first-order valence-electron chi connectivity index (χ1n) is 6.58. The fraction of sp³-hybridized carbons (Fsp3) is 0.538. The number of thiophene rings is 1. The van der Waals surface area contributed by atoms with Crippen LogP contribution >= 0.6 is 23.1 Å². The van der Waals surface area contributed by atoms with Crippen molar-refractivity contribution in [3.8, 4) is 0 Å². The van der Waals surface area contributed by atoms with Crippen LogP contribution in [0, 0.1) is 0 Å². The number of nitrogens with one attached hydrogen (secondary N) is 1. The van der Waals surface area contributed by atoms with Crippen LogP contribution in [0.3, 0.4) is 0 Å². The van der Waals surface area contributed by atoms with Gasteiger partial charge in [0.2, 0.25) is 0 Å². The molecule has 0 spiro atoms. The quantitative estimate of drug-likeness (QED) is 0.670. The molecule has 0 atom stereocenters. The average molecular weight is 294 g/mol. The van der Waals surface area contributed by atoms with E-state index in [1.165, 1.54) is 23.3 Å². The molecule has 2 aromatic rings. The number of nitrogens with two attached hydrogens (primary N) is 1. The van der Waals surface area contributed by atoms with Gasteiger partial charge < -0.3 is 5.43 Å². The van der Waals surface area contributed by atoms with Crippen molar-refractivity contribution >= 4 is 39.1 Å². The second-order valence-electron chi connectivity index (χ2n) is 5.03. The average Bonchev–Trinajstić information content (AvgIpc) is 2.95. The number of nitrogens with zero attached hydrogens (tertiary/aromatic N) is 2. The number of aryl methyl sites for hydroxylation is 2. The Labute approximate surface area is 121 Å². The summed E-state index contributed by atoms with van der Waals surface area (Å²) in [5.41, 5.74) is 4.17. The largest absolute Gasteiger partial charge is 0.308 e. The predicted molar refractivity (Wildman–Crippen MR) is 83.7 cm³/mol. The molecule has 0 saturated heterocycles. The van der Waals surface area contributed by atoms with Crippen molar-refractivity contribution in [3.05, 3.63) is 16.3 Å². The molecule has 0 aromatic carbocycles. The van der Waals surface area contributed by atoms with Gasteiger partial charge in [-0.2, -0.15) is 11.8 Å². The highest BCUT2D eigenvalue weighted by molar-refractivity contribution is 7.99. The highest BCUT2D eigenvalue weighted by Gasteiger charge is 2.22. The Kier molecular flexibility index (Phi) is 3.64.